The molecular weight excluding hydrogens is 562 g/mol. The highest BCUT2D eigenvalue weighted by Crippen LogP contribution is 2.67. The molecule has 3 nitrogen and oxygen atoms in total. The van der Waals surface area contributed by atoms with Crippen molar-refractivity contribution in [3.63, 3.8) is 0 Å². The van der Waals surface area contributed by atoms with Gasteiger partial charge in [-0.1, -0.05) is 114 Å². The third kappa shape index (κ3) is 6.29. The molecule has 0 bridgehead atoms. The Bertz CT molecular complexity index is 1430. The van der Waals surface area contributed by atoms with E-state index in [4.69, 9.17) is 0 Å². The molecule has 0 aromatic heterocycles. The van der Waals surface area contributed by atoms with Gasteiger partial charge in [0.2, 0.25) is 5.91 Å². The van der Waals surface area contributed by atoms with Gasteiger partial charge in [0, 0.05) is 17.2 Å². The molecule has 248 valence electrons. The quantitative estimate of drug-likeness (QED) is 0.212. The Hall–Kier alpha value is -2.68. The SMILES string of the molecule is CC(C)CCC[C@@H](C)[C@H]1CC[C@H]2[C@@H]3CC=C4C[C@H](NC(=O)[C@H](C)c5cccc(C(=O)c6ccccc6)c5)CC[C@]4(C)[C@H]3CC[C@]12C. The number of benzene rings is 2. The molecule has 3 fully saturated rings. The average Bonchev–Trinajstić information content (AvgIpc) is 3.41. The third-order valence-electron chi connectivity index (χ3n) is 13.7. The summed E-state index contributed by atoms with van der Waals surface area (Å²) in [5.74, 6) is 4.83. The molecule has 0 radical (unpaired) electrons. The zero-order valence-electron chi connectivity index (χ0n) is 29.5. The minimum atomic E-state index is -0.305. The third-order valence-corrected chi connectivity index (χ3v) is 13.7. The zero-order valence-corrected chi connectivity index (χ0v) is 29.5. The number of carbonyl (C=O) groups excluding carboxylic acids is 2. The standard InChI is InChI=1S/C43H59NO2/c1-28(2)12-10-13-29(3)37-20-21-38-36-19-18-34-27-35(22-24-42(34,5)39(36)23-25-43(37,38)6)44-41(46)30(4)32-16-11-17-33(26-32)40(45)31-14-8-7-9-15-31/h7-9,11,14-18,26,28-30,35-39H,10,12-13,19-25,27H2,1-6H3,(H,44,46)/t29-,30-,35-,36+,37-,38+,39+,42+,43-/m1/s1. The molecule has 2 aromatic rings. The van der Waals surface area contributed by atoms with Crippen molar-refractivity contribution in [3.05, 3.63) is 82.9 Å². The van der Waals surface area contributed by atoms with Crippen molar-refractivity contribution in [2.24, 2.45) is 46.3 Å². The van der Waals surface area contributed by atoms with Gasteiger partial charge in [0.05, 0.1) is 5.92 Å². The highest BCUT2D eigenvalue weighted by molar-refractivity contribution is 6.09. The summed E-state index contributed by atoms with van der Waals surface area (Å²) in [5, 5.41) is 3.44. The van der Waals surface area contributed by atoms with E-state index in [1.54, 1.807) is 5.57 Å². The summed E-state index contributed by atoms with van der Waals surface area (Å²) in [5.41, 5.74) is 4.63. The van der Waals surface area contributed by atoms with Gasteiger partial charge in [0.1, 0.15) is 0 Å². The number of rotatable bonds is 10. The fourth-order valence-electron chi connectivity index (χ4n) is 11.0. The molecule has 0 saturated heterocycles. The highest BCUT2D eigenvalue weighted by Gasteiger charge is 2.59. The van der Waals surface area contributed by atoms with Gasteiger partial charge < -0.3 is 5.32 Å². The largest absolute Gasteiger partial charge is 0.353 e. The Morgan fingerprint density at radius 2 is 1.61 bits per heavy atom. The van der Waals surface area contributed by atoms with Crippen LogP contribution in [-0.4, -0.2) is 17.7 Å². The van der Waals surface area contributed by atoms with E-state index < -0.39 is 0 Å². The second kappa shape index (κ2) is 13.4. The number of carbonyl (C=O) groups is 2. The van der Waals surface area contributed by atoms with E-state index in [9.17, 15) is 9.59 Å². The van der Waals surface area contributed by atoms with Crippen LogP contribution < -0.4 is 5.32 Å². The molecule has 0 unspecified atom stereocenters. The van der Waals surface area contributed by atoms with Crippen LogP contribution in [-0.2, 0) is 4.79 Å². The molecule has 4 aliphatic carbocycles. The minimum absolute atomic E-state index is 0.00327. The summed E-state index contributed by atoms with van der Waals surface area (Å²) in [4.78, 5) is 26.6. The molecule has 2 aromatic carbocycles. The van der Waals surface area contributed by atoms with E-state index in [0.29, 0.717) is 16.5 Å². The average molecular weight is 622 g/mol. The van der Waals surface area contributed by atoms with E-state index >= 15 is 0 Å². The van der Waals surface area contributed by atoms with Crippen LogP contribution in [0.15, 0.2) is 66.2 Å². The molecule has 4 aliphatic rings. The molecule has 1 amide bonds. The van der Waals surface area contributed by atoms with E-state index in [2.05, 4.69) is 46.0 Å². The lowest BCUT2D eigenvalue weighted by molar-refractivity contribution is -0.123. The molecular formula is C43H59NO2. The Labute approximate surface area is 279 Å². The molecule has 1 N–H and O–H groups in total. The molecule has 3 saturated carbocycles. The molecule has 0 spiro atoms. The van der Waals surface area contributed by atoms with Gasteiger partial charge >= 0.3 is 0 Å². The first-order valence-electron chi connectivity index (χ1n) is 18.7. The highest BCUT2D eigenvalue weighted by atomic mass is 16.2. The molecule has 0 heterocycles. The fourth-order valence-corrected chi connectivity index (χ4v) is 11.0. The number of amides is 1. The lowest BCUT2D eigenvalue weighted by Crippen LogP contribution is -2.52. The Kier molecular flexibility index (Phi) is 9.71. The maximum Gasteiger partial charge on any atom is 0.227 e. The smallest absolute Gasteiger partial charge is 0.227 e. The van der Waals surface area contributed by atoms with Crippen LogP contribution in [0.1, 0.15) is 140 Å². The summed E-state index contributed by atoms with van der Waals surface area (Å²) in [7, 11) is 0. The van der Waals surface area contributed by atoms with Crippen molar-refractivity contribution in [2.75, 3.05) is 0 Å². The number of hydrogen-bond donors (Lipinski definition) is 1. The summed E-state index contributed by atoms with van der Waals surface area (Å²) in [6.07, 6.45) is 16.9. The summed E-state index contributed by atoms with van der Waals surface area (Å²) >= 11 is 0. The van der Waals surface area contributed by atoms with E-state index in [0.717, 1.165) is 53.9 Å². The number of nitrogens with one attached hydrogen (secondary N) is 1. The van der Waals surface area contributed by atoms with Gasteiger partial charge in [-0.25, -0.2) is 0 Å². The first-order valence-corrected chi connectivity index (χ1v) is 18.7. The van der Waals surface area contributed by atoms with Crippen LogP contribution in [0.4, 0.5) is 0 Å². The second-order valence-corrected chi connectivity index (χ2v) is 16.8. The number of ketones is 1. The topological polar surface area (TPSA) is 46.2 Å². The van der Waals surface area contributed by atoms with Gasteiger partial charge in [0.15, 0.2) is 5.78 Å². The predicted molar refractivity (Wildman–Crippen MR) is 190 cm³/mol. The summed E-state index contributed by atoms with van der Waals surface area (Å²) in [6.45, 7) is 14.5. The van der Waals surface area contributed by atoms with Gasteiger partial charge in [0.25, 0.3) is 0 Å². The molecule has 0 aliphatic heterocycles. The van der Waals surface area contributed by atoms with E-state index in [1.807, 2.05) is 61.5 Å². The van der Waals surface area contributed by atoms with Gasteiger partial charge in [-0.2, -0.15) is 0 Å². The zero-order chi connectivity index (χ0) is 32.6. The number of fused-ring (bicyclic) bond motifs is 5. The fraction of sp³-hybridized carbons (Fsp3) is 0.628. The monoisotopic (exact) mass is 621 g/mol. The minimum Gasteiger partial charge on any atom is -0.353 e. The Morgan fingerprint density at radius 1 is 0.848 bits per heavy atom. The van der Waals surface area contributed by atoms with Gasteiger partial charge in [-0.05, 0) is 116 Å². The second-order valence-electron chi connectivity index (χ2n) is 16.8. The van der Waals surface area contributed by atoms with Crippen molar-refractivity contribution >= 4 is 11.7 Å². The van der Waals surface area contributed by atoms with Crippen LogP contribution in [0.5, 0.6) is 0 Å². The van der Waals surface area contributed by atoms with Crippen molar-refractivity contribution < 1.29 is 9.59 Å². The van der Waals surface area contributed by atoms with Gasteiger partial charge in [-0.3, -0.25) is 9.59 Å². The van der Waals surface area contributed by atoms with Crippen molar-refractivity contribution in [1.29, 1.82) is 0 Å². The van der Waals surface area contributed by atoms with Crippen LogP contribution in [0.3, 0.4) is 0 Å². The maximum atomic E-state index is 13.6. The lowest BCUT2D eigenvalue weighted by Gasteiger charge is -2.58. The molecule has 46 heavy (non-hydrogen) atoms. The number of allylic oxidation sites excluding steroid dienone is 1. The summed E-state index contributed by atoms with van der Waals surface area (Å²) in [6, 6.07) is 17.2. The first-order chi connectivity index (χ1) is 22.0. The van der Waals surface area contributed by atoms with Crippen LogP contribution in [0.25, 0.3) is 0 Å². The Balaban J connectivity index is 1.09. The predicted octanol–water partition coefficient (Wildman–Crippen LogP) is 10.5. The summed E-state index contributed by atoms with van der Waals surface area (Å²) < 4.78 is 0. The van der Waals surface area contributed by atoms with Crippen molar-refractivity contribution in [3.8, 4) is 0 Å². The molecule has 6 rings (SSSR count). The van der Waals surface area contributed by atoms with E-state index in [-0.39, 0.29) is 29.1 Å². The number of hydrogen-bond acceptors (Lipinski definition) is 2. The lowest BCUT2D eigenvalue weighted by atomic mass is 9.47. The van der Waals surface area contributed by atoms with Crippen molar-refractivity contribution in [1.82, 2.24) is 5.32 Å². The van der Waals surface area contributed by atoms with Crippen LogP contribution in [0, 0.1) is 46.3 Å². The first kappa shape index (κ1) is 33.2. The normalized spacial score (nSPS) is 33.3. The Morgan fingerprint density at radius 3 is 2.37 bits per heavy atom. The maximum absolute atomic E-state index is 13.6. The van der Waals surface area contributed by atoms with E-state index in [1.165, 1.54) is 57.8 Å². The molecule has 9 atom stereocenters. The van der Waals surface area contributed by atoms with Crippen molar-refractivity contribution in [2.45, 2.75) is 124 Å². The van der Waals surface area contributed by atoms with Crippen LogP contribution >= 0.6 is 0 Å². The van der Waals surface area contributed by atoms with Crippen LogP contribution in [0.2, 0.25) is 0 Å². The van der Waals surface area contributed by atoms with Gasteiger partial charge in [-0.15, -0.1) is 0 Å². The molecule has 3 heteroatoms.